The first-order valence-electron chi connectivity index (χ1n) is 14.5. The van der Waals surface area contributed by atoms with Crippen molar-refractivity contribution in [3.63, 3.8) is 0 Å². The minimum atomic E-state index is 0.769. The van der Waals surface area contributed by atoms with Crippen LogP contribution < -0.4 is 16.0 Å². The smallest absolute Gasteiger partial charge is 0.0591 e. The van der Waals surface area contributed by atoms with E-state index in [2.05, 4.69) is 87.8 Å². The summed E-state index contributed by atoms with van der Waals surface area (Å²) >= 11 is 0. The van der Waals surface area contributed by atoms with Crippen molar-refractivity contribution in [1.82, 2.24) is 10.3 Å². The fourth-order valence-electron chi connectivity index (χ4n) is 5.12. The molecule has 0 aliphatic rings. The minimum Gasteiger partial charge on any atom is -0.383 e. The number of pyridine rings is 1. The largest absolute Gasteiger partial charge is 0.383 e. The van der Waals surface area contributed by atoms with E-state index >= 15 is 0 Å². The predicted octanol–water partition coefficient (Wildman–Crippen LogP) is 7.27. The van der Waals surface area contributed by atoms with E-state index in [-0.39, 0.29) is 0 Å². The number of aryl methyl sites for hydroxylation is 6. The van der Waals surface area contributed by atoms with E-state index in [4.69, 9.17) is 4.98 Å². The van der Waals surface area contributed by atoms with Crippen molar-refractivity contribution in [3.8, 4) is 0 Å². The van der Waals surface area contributed by atoms with E-state index in [1.54, 1.807) is 0 Å². The summed E-state index contributed by atoms with van der Waals surface area (Å²) in [5, 5.41) is 11.1. The molecule has 0 bridgehead atoms. The van der Waals surface area contributed by atoms with E-state index in [1.807, 2.05) is 12.3 Å². The van der Waals surface area contributed by atoms with E-state index in [0.717, 1.165) is 70.4 Å². The average Bonchev–Trinajstić information content (AvgIpc) is 2.95. The molecule has 1 heterocycles. The Kier molecular flexibility index (Phi) is 11.5. The van der Waals surface area contributed by atoms with Crippen LogP contribution >= 0.6 is 0 Å². The average molecular weight is 501 g/mol. The fourth-order valence-corrected chi connectivity index (χ4v) is 5.12. The van der Waals surface area contributed by atoms with Crippen LogP contribution in [-0.2, 0) is 51.6 Å². The van der Waals surface area contributed by atoms with Crippen LogP contribution in [0.5, 0.6) is 0 Å². The molecule has 0 unspecified atom stereocenters. The molecule has 1 aromatic heterocycles. The molecule has 0 saturated carbocycles. The highest BCUT2D eigenvalue weighted by atomic mass is 15.0. The van der Waals surface area contributed by atoms with Gasteiger partial charge in [-0.2, -0.15) is 0 Å². The van der Waals surface area contributed by atoms with Gasteiger partial charge in [-0.15, -0.1) is 0 Å². The van der Waals surface area contributed by atoms with Gasteiger partial charge in [-0.25, -0.2) is 0 Å². The zero-order valence-electron chi connectivity index (χ0n) is 24.1. The van der Waals surface area contributed by atoms with Gasteiger partial charge in [-0.3, -0.25) is 4.98 Å². The third kappa shape index (κ3) is 7.58. The van der Waals surface area contributed by atoms with Crippen LogP contribution in [0, 0.1) is 0 Å². The Labute approximate surface area is 225 Å². The Bertz CT molecular complexity index is 1080. The van der Waals surface area contributed by atoms with Gasteiger partial charge in [0.15, 0.2) is 0 Å². The second kappa shape index (κ2) is 14.8. The summed E-state index contributed by atoms with van der Waals surface area (Å²) in [5.74, 6) is 0. The number of hydrogen-bond acceptors (Lipinski definition) is 4. The normalized spacial score (nSPS) is 11.1. The maximum absolute atomic E-state index is 4.71. The molecule has 3 N–H and O–H groups in total. The van der Waals surface area contributed by atoms with Gasteiger partial charge in [0.05, 0.1) is 5.69 Å². The van der Waals surface area contributed by atoms with Gasteiger partial charge in [0, 0.05) is 43.8 Å². The molecule has 0 aliphatic carbocycles. The highest BCUT2D eigenvalue weighted by molar-refractivity contribution is 5.60. The maximum Gasteiger partial charge on any atom is 0.0591 e. The zero-order valence-corrected chi connectivity index (χ0v) is 24.1. The van der Waals surface area contributed by atoms with Crippen molar-refractivity contribution in [3.05, 3.63) is 87.2 Å². The lowest BCUT2D eigenvalue weighted by Gasteiger charge is -2.19. The van der Waals surface area contributed by atoms with E-state index in [9.17, 15) is 0 Å². The van der Waals surface area contributed by atoms with Crippen molar-refractivity contribution in [1.29, 1.82) is 0 Å². The number of benzene rings is 2. The molecule has 0 atom stereocenters. The number of nitrogens with one attached hydrogen (secondary N) is 3. The second-order valence-corrected chi connectivity index (χ2v) is 9.77. The standard InChI is InChI=1S/C33H48N4/c1-7-24-18-26(9-3)32(27(10-4)19-24)36-17-16-34-23-31-30(14-13-15-35-31)22-37-33-28(11-5)20-25(8-2)21-29(33)12-6/h13-15,18-21,34,36-37H,7-12,16-17,22-23H2,1-6H3. The third-order valence-electron chi connectivity index (χ3n) is 7.40. The SMILES string of the molecule is CCc1cc(CC)c(NCCNCc2ncccc2CNc2c(CC)cc(CC)cc2CC)c(CC)c1. The highest BCUT2D eigenvalue weighted by Gasteiger charge is 2.11. The van der Waals surface area contributed by atoms with Gasteiger partial charge in [-0.1, -0.05) is 71.9 Å². The molecule has 0 saturated heterocycles. The lowest BCUT2D eigenvalue weighted by atomic mass is 9.97. The van der Waals surface area contributed by atoms with E-state index in [0.29, 0.717) is 0 Å². The summed E-state index contributed by atoms with van der Waals surface area (Å²) in [6.07, 6.45) is 8.27. The Balaban J connectivity index is 1.60. The molecule has 3 rings (SSSR count). The van der Waals surface area contributed by atoms with Gasteiger partial charge < -0.3 is 16.0 Å². The monoisotopic (exact) mass is 500 g/mol. The van der Waals surface area contributed by atoms with Gasteiger partial charge in [0.2, 0.25) is 0 Å². The molecule has 4 heteroatoms. The summed E-state index contributed by atoms with van der Waals surface area (Å²) < 4.78 is 0. The molecular weight excluding hydrogens is 452 g/mol. The number of hydrogen-bond donors (Lipinski definition) is 3. The molecule has 4 nitrogen and oxygen atoms in total. The molecule has 0 aliphatic heterocycles. The Morgan fingerprint density at radius 1 is 0.568 bits per heavy atom. The van der Waals surface area contributed by atoms with Crippen molar-refractivity contribution in [2.24, 2.45) is 0 Å². The lowest BCUT2D eigenvalue weighted by molar-refractivity contribution is 0.686. The number of nitrogens with zero attached hydrogens (tertiary/aromatic N) is 1. The molecule has 0 spiro atoms. The molecule has 200 valence electrons. The first kappa shape index (κ1) is 28.7. The molecule has 2 aromatic carbocycles. The second-order valence-electron chi connectivity index (χ2n) is 9.77. The summed E-state index contributed by atoms with van der Waals surface area (Å²) in [5.41, 5.74) is 13.6. The lowest BCUT2D eigenvalue weighted by Crippen LogP contribution is -2.24. The number of aromatic nitrogens is 1. The van der Waals surface area contributed by atoms with Gasteiger partial charge in [0.1, 0.15) is 0 Å². The van der Waals surface area contributed by atoms with Crippen LogP contribution in [0.15, 0.2) is 42.6 Å². The molecule has 0 amide bonds. The first-order valence-corrected chi connectivity index (χ1v) is 14.5. The van der Waals surface area contributed by atoms with Crippen LogP contribution in [-0.4, -0.2) is 18.1 Å². The quantitative estimate of drug-likeness (QED) is 0.192. The van der Waals surface area contributed by atoms with E-state index in [1.165, 1.54) is 50.3 Å². The van der Waals surface area contributed by atoms with Crippen molar-refractivity contribution < 1.29 is 0 Å². The first-order chi connectivity index (χ1) is 18.1. The van der Waals surface area contributed by atoms with Crippen LogP contribution in [0.1, 0.15) is 86.2 Å². The highest BCUT2D eigenvalue weighted by Crippen LogP contribution is 2.27. The van der Waals surface area contributed by atoms with Crippen LogP contribution in [0.4, 0.5) is 11.4 Å². The summed E-state index contributed by atoms with van der Waals surface area (Å²) in [6, 6.07) is 13.7. The number of anilines is 2. The van der Waals surface area contributed by atoms with Crippen LogP contribution in [0.2, 0.25) is 0 Å². The minimum absolute atomic E-state index is 0.769. The van der Waals surface area contributed by atoms with Crippen molar-refractivity contribution in [2.75, 3.05) is 23.7 Å². The molecule has 3 aromatic rings. The van der Waals surface area contributed by atoms with Gasteiger partial charge in [0.25, 0.3) is 0 Å². The Hall–Kier alpha value is -2.85. The fraction of sp³-hybridized carbons (Fsp3) is 0.485. The Morgan fingerprint density at radius 3 is 1.57 bits per heavy atom. The van der Waals surface area contributed by atoms with Gasteiger partial charge >= 0.3 is 0 Å². The van der Waals surface area contributed by atoms with Crippen LogP contribution in [0.3, 0.4) is 0 Å². The topological polar surface area (TPSA) is 49.0 Å². The van der Waals surface area contributed by atoms with Crippen molar-refractivity contribution in [2.45, 2.75) is 93.2 Å². The number of rotatable bonds is 15. The molecule has 37 heavy (non-hydrogen) atoms. The molecule has 0 fully saturated rings. The van der Waals surface area contributed by atoms with Crippen LogP contribution in [0.25, 0.3) is 0 Å². The predicted molar refractivity (Wildman–Crippen MR) is 161 cm³/mol. The zero-order chi connectivity index (χ0) is 26.6. The summed E-state index contributed by atoms with van der Waals surface area (Å²) in [6.45, 7) is 16.8. The van der Waals surface area contributed by atoms with Gasteiger partial charge in [-0.05, 0) is 83.5 Å². The van der Waals surface area contributed by atoms with E-state index < -0.39 is 0 Å². The Morgan fingerprint density at radius 2 is 1.08 bits per heavy atom. The summed E-state index contributed by atoms with van der Waals surface area (Å²) in [4.78, 5) is 4.71. The molecule has 0 radical (unpaired) electrons. The summed E-state index contributed by atoms with van der Waals surface area (Å²) in [7, 11) is 0. The van der Waals surface area contributed by atoms with Crippen molar-refractivity contribution >= 4 is 11.4 Å². The third-order valence-corrected chi connectivity index (χ3v) is 7.40. The molecular formula is C33H48N4. The maximum atomic E-state index is 4.71.